The van der Waals surface area contributed by atoms with Gasteiger partial charge in [-0.15, -0.1) is 0 Å². The standard InChI is InChI=1S/C15H17FN2O3/c1-3-4-5-6-14(19)17-18-15(20)11(2)21-13-9-7-12(16)8-10-13/h3-11H,1-2H3,(H,17,19)(H,18,20)/b4-3+,6-5+/t11-/m0/s1. The number of hydrazine groups is 1. The van der Waals surface area contributed by atoms with E-state index in [1.807, 2.05) is 6.92 Å². The van der Waals surface area contributed by atoms with Crippen molar-refractivity contribution in [2.75, 3.05) is 0 Å². The van der Waals surface area contributed by atoms with Crippen molar-refractivity contribution in [2.45, 2.75) is 20.0 Å². The predicted molar refractivity (Wildman–Crippen MR) is 76.7 cm³/mol. The van der Waals surface area contributed by atoms with Crippen molar-refractivity contribution < 1.29 is 18.7 Å². The van der Waals surface area contributed by atoms with Gasteiger partial charge in [0.25, 0.3) is 11.8 Å². The van der Waals surface area contributed by atoms with Crippen LogP contribution < -0.4 is 15.6 Å². The highest BCUT2D eigenvalue weighted by molar-refractivity contribution is 5.90. The summed E-state index contributed by atoms with van der Waals surface area (Å²) < 4.78 is 18.0. The molecule has 6 heteroatoms. The first-order valence-corrected chi connectivity index (χ1v) is 6.34. The lowest BCUT2D eigenvalue weighted by Gasteiger charge is -2.14. The Morgan fingerprint density at radius 3 is 2.48 bits per heavy atom. The van der Waals surface area contributed by atoms with E-state index in [0.717, 1.165) is 0 Å². The maximum absolute atomic E-state index is 12.7. The Morgan fingerprint density at radius 2 is 1.86 bits per heavy atom. The number of hydrogen-bond acceptors (Lipinski definition) is 3. The molecule has 2 amide bonds. The van der Waals surface area contributed by atoms with E-state index in [1.54, 1.807) is 18.2 Å². The molecule has 0 radical (unpaired) electrons. The minimum Gasteiger partial charge on any atom is -0.481 e. The largest absolute Gasteiger partial charge is 0.481 e. The van der Waals surface area contributed by atoms with Crippen molar-refractivity contribution in [3.05, 3.63) is 54.4 Å². The minimum atomic E-state index is -0.838. The molecule has 0 fully saturated rings. The van der Waals surface area contributed by atoms with Gasteiger partial charge in [-0.3, -0.25) is 20.4 Å². The van der Waals surface area contributed by atoms with Gasteiger partial charge in [-0.05, 0) is 38.1 Å². The van der Waals surface area contributed by atoms with E-state index in [2.05, 4.69) is 10.9 Å². The summed E-state index contributed by atoms with van der Waals surface area (Å²) in [6, 6.07) is 5.29. The molecular formula is C15H17FN2O3. The number of carbonyl (C=O) groups excluding carboxylic acids is 2. The molecule has 1 aromatic rings. The highest BCUT2D eigenvalue weighted by Gasteiger charge is 2.14. The SMILES string of the molecule is C/C=C/C=C/C(=O)NNC(=O)[C@H](C)Oc1ccc(F)cc1. The molecule has 112 valence electrons. The number of carbonyl (C=O) groups is 2. The van der Waals surface area contributed by atoms with Gasteiger partial charge in [-0.2, -0.15) is 0 Å². The van der Waals surface area contributed by atoms with Crippen LogP contribution in [0.1, 0.15) is 13.8 Å². The lowest BCUT2D eigenvalue weighted by molar-refractivity contribution is -0.131. The van der Waals surface area contributed by atoms with Gasteiger partial charge in [0.15, 0.2) is 6.10 Å². The molecule has 0 aromatic heterocycles. The van der Waals surface area contributed by atoms with Gasteiger partial charge in [0.2, 0.25) is 0 Å². The molecule has 0 aliphatic carbocycles. The number of ether oxygens (including phenoxy) is 1. The third-order valence-corrected chi connectivity index (χ3v) is 2.36. The second-order valence-corrected chi connectivity index (χ2v) is 4.08. The first-order valence-electron chi connectivity index (χ1n) is 6.34. The summed E-state index contributed by atoms with van der Waals surface area (Å²) in [6.07, 6.45) is 5.42. The van der Waals surface area contributed by atoms with Crippen LogP contribution in [-0.2, 0) is 9.59 Å². The molecular weight excluding hydrogens is 275 g/mol. The second kappa shape index (κ2) is 8.52. The summed E-state index contributed by atoms with van der Waals surface area (Å²) in [4.78, 5) is 23.0. The van der Waals surface area contributed by atoms with Crippen molar-refractivity contribution in [1.29, 1.82) is 0 Å². The maximum Gasteiger partial charge on any atom is 0.279 e. The zero-order valence-corrected chi connectivity index (χ0v) is 11.8. The van der Waals surface area contributed by atoms with E-state index < -0.39 is 17.9 Å². The summed E-state index contributed by atoms with van der Waals surface area (Å²) in [6.45, 7) is 3.33. The Kier molecular flexibility index (Phi) is 6.67. The van der Waals surface area contributed by atoms with Crippen molar-refractivity contribution in [3.8, 4) is 5.75 Å². The fourth-order valence-corrected chi connectivity index (χ4v) is 1.29. The number of hydrogen-bond donors (Lipinski definition) is 2. The van der Waals surface area contributed by atoms with Gasteiger partial charge >= 0.3 is 0 Å². The smallest absolute Gasteiger partial charge is 0.279 e. The molecule has 0 bridgehead atoms. The lowest BCUT2D eigenvalue weighted by atomic mass is 10.3. The van der Waals surface area contributed by atoms with Gasteiger partial charge in [0.05, 0.1) is 0 Å². The molecule has 0 aliphatic rings. The molecule has 1 rings (SSSR count). The zero-order valence-electron chi connectivity index (χ0n) is 11.8. The first kappa shape index (κ1) is 16.4. The minimum absolute atomic E-state index is 0.360. The number of halogens is 1. The predicted octanol–water partition coefficient (Wildman–Crippen LogP) is 1.87. The summed E-state index contributed by atoms with van der Waals surface area (Å²) in [5.41, 5.74) is 4.45. The van der Waals surface area contributed by atoms with E-state index >= 15 is 0 Å². The van der Waals surface area contributed by atoms with Crippen molar-refractivity contribution in [1.82, 2.24) is 10.9 Å². The Morgan fingerprint density at radius 1 is 1.19 bits per heavy atom. The Bertz CT molecular complexity index is 538. The van der Waals surface area contributed by atoms with Crippen molar-refractivity contribution in [2.24, 2.45) is 0 Å². The van der Waals surface area contributed by atoms with Crippen LogP contribution in [0.2, 0.25) is 0 Å². The highest BCUT2D eigenvalue weighted by Crippen LogP contribution is 2.12. The number of benzene rings is 1. The van der Waals surface area contributed by atoms with Crippen LogP contribution in [0.5, 0.6) is 5.75 Å². The first-order chi connectivity index (χ1) is 10.0. The van der Waals surface area contributed by atoms with Gasteiger partial charge in [-0.1, -0.05) is 18.2 Å². The monoisotopic (exact) mass is 292 g/mol. The van der Waals surface area contributed by atoms with Gasteiger partial charge in [-0.25, -0.2) is 4.39 Å². The number of amides is 2. The highest BCUT2D eigenvalue weighted by atomic mass is 19.1. The molecule has 21 heavy (non-hydrogen) atoms. The molecule has 0 spiro atoms. The van der Waals surface area contributed by atoms with Crippen LogP contribution in [0.25, 0.3) is 0 Å². The summed E-state index contributed by atoms with van der Waals surface area (Å²) in [5.74, 6) is -1.01. The summed E-state index contributed by atoms with van der Waals surface area (Å²) in [7, 11) is 0. The molecule has 0 heterocycles. The van der Waals surface area contributed by atoms with Gasteiger partial charge in [0.1, 0.15) is 11.6 Å². The zero-order chi connectivity index (χ0) is 15.7. The fraction of sp³-hybridized carbons (Fsp3) is 0.200. The Labute approximate surface area is 122 Å². The van der Waals surface area contributed by atoms with Gasteiger partial charge < -0.3 is 4.74 Å². The van der Waals surface area contributed by atoms with Crippen LogP contribution in [0, 0.1) is 5.82 Å². The van der Waals surface area contributed by atoms with Crippen LogP contribution in [-0.4, -0.2) is 17.9 Å². The van der Waals surface area contributed by atoms with Crippen molar-refractivity contribution in [3.63, 3.8) is 0 Å². The Hall–Kier alpha value is -2.63. The third kappa shape index (κ3) is 6.38. The Balaban J connectivity index is 2.40. The average Bonchev–Trinajstić information content (AvgIpc) is 2.47. The second-order valence-electron chi connectivity index (χ2n) is 4.08. The van der Waals surface area contributed by atoms with Gasteiger partial charge in [0, 0.05) is 6.08 Å². The molecule has 2 N–H and O–H groups in total. The van der Waals surface area contributed by atoms with E-state index in [-0.39, 0.29) is 5.82 Å². The molecule has 0 unspecified atom stereocenters. The molecule has 0 aliphatic heterocycles. The third-order valence-electron chi connectivity index (χ3n) is 2.36. The fourth-order valence-electron chi connectivity index (χ4n) is 1.29. The number of nitrogens with one attached hydrogen (secondary N) is 2. The van der Waals surface area contributed by atoms with E-state index in [0.29, 0.717) is 5.75 Å². The molecule has 1 atom stereocenters. The number of rotatable bonds is 5. The van der Waals surface area contributed by atoms with Crippen LogP contribution in [0.4, 0.5) is 4.39 Å². The quantitative estimate of drug-likeness (QED) is 0.494. The molecule has 1 aromatic carbocycles. The van der Waals surface area contributed by atoms with Crippen LogP contribution in [0.15, 0.2) is 48.6 Å². The maximum atomic E-state index is 12.7. The van der Waals surface area contributed by atoms with Crippen LogP contribution in [0.3, 0.4) is 0 Å². The molecule has 0 saturated heterocycles. The van der Waals surface area contributed by atoms with E-state index in [9.17, 15) is 14.0 Å². The van der Waals surface area contributed by atoms with E-state index in [1.165, 1.54) is 37.3 Å². The summed E-state index contributed by atoms with van der Waals surface area (Å²) in [5, 5.41) is 0. The normalized spacial score (nSPS) is 12.3. The summed E-state index contributed by atoms with van der Waals surface area (Å²) >= 11 is 0. The number of allylic oxidation sites excluding steroid dienone is 3. The van der Waals surface area contributed by atoms with Crippen LogP contribution >= 0.6 is 0 Å². The lowest BCUT2D eigenvalue weighted by Crippen LogP contribution is -2.46. The molecule has 5 nitrogen and oxygen atoms in total. The van der Waals surface area contributed by atoms with Crippen molar-refractivity contribution >= 4 is 11.8 Å². The molecule has 0 saturated carbocycles. The van der Waals surface area contributed by atoms with E-state index in [4.69, 9.17) is 4.74 Å². The topological polar surface area (TPSA) is 67.4 Å². The average molecular weight is 292 g/mol.